The highest BCUT2D eigenvalue weighted by Crippen LogP contribution is 2.22. The van der Waals surface area contributed by atoms with E-state index in [1.165, 1.54) is 6.92 Å². The number of rotatable bonds is 3. The maximum atomic E-state index is 10.7. The van der Waals surface area contributed by atoms with E-state index < -0.39 is 0 Å². The van der Waals surface area contributed by atoms with Crippen LogP contribution in [0.25, 0.3) is 10.2 Å². The number of nitrogens with zero attached hydrogens (tertiary/aromatic N) is 1. The summed E-state index contributed by atoms with van der Waals surface area (Å²) in [5, 5.41) is 0. The minimum absolute atomic E-state index is 0.258. The van der Waals surface area contributed by atoms with Crippen LogP contribution in [-0.4, -0.2) is 17.1 Å². The fourth-order valence-electron chi connectivity index (χ4n) is 1.51. The van der Waals surface area contributed by atoms with Gasteiger partial charge in [0.15, 0.2) is 3.95 Å². The van der Waals surface area contributed by atoms with Gasteiger partial charge in [0.2, 0.25) is 0 Å². The molecule has 0 amide bonds. The number of fused-ring (bicyclic) bond motifs is 1. The lowest BCUT2D eigenvalue weighted by atomic mass is 10.3. The smallest absolute Gasteiger partial charge is 0.302 e. The third-order valence-electron chi connectivity index (χ3n) is 2.19. The van der Waals surface area contributed by atoms with Gasteiger partial charge in [0.1, 0.15) is 6.61 Å². The van der Waals surface area contributed by atoms with Crippen molar-refractivity contribution >= 4 is 39.7 Å². The normalized spacial score (nSPS) is 10.6. The summed E-state index contributed by atoms with van der Waals surface area (Å²) < 4.78 is 8.89. The van der Waals surface area contributed by atoms with E-state index in [0.717, 1.165) is 14.2 Å². The number of para-hydroxylation sites is 1. The van der Waals surface area contributed by atoms with Gasteiger partial charge in [0.05, 0.1) is 16.8 Å². The summed E-state index contributed by atoms with van der Waals surface area (Å²) in [5.74, 6) is -0.258. The summed E-state index contributed by atoms with van der Waals surface area (Å²) in [6.07, 6.45) is 0. The molecule has 1 aromatic heterocycles. The zero-order valence-electron chi connectivity index (χ0n) is 8.80. The Labute approximate surface area is 102 Å². The first-order valence-corrected chi connectivity index (χ1v) is 6.12. The van der Waals surface area contributed by atoms with Crippen molar-refractivity contribution in [2.75, 3.05) is 6.61 Å². The van der Waals surface area contributed by atoms with Gasteiger partial charge in [0.25, 0.3) is 0 Å². The molecule has 0 aliphatic rings. The Morgan fingerprint density at radius 2 is 2.25 bits per heavy atom. The highest BCUT2D eigenvalue weighted by Gasteiger charge is 2.04. The van der Waals surface area contributed by atoms with Crippen LogP contribution in [0.5, 0.6) is 0 Å². The van der Waals surface area contributed by atoms with Crippen molar-refractivity contribution in [2.45, 2.75) is 13.5 Å². The Morgan fingerprint density at radius 3 is 3.00 bits per heavy atom. The minimum Gasteiger partial charge on any atom is -0.464 e. The maximum Gasteiger partial charge on any atom is 0.302 e. The molecule has 0 aliphatic carbocycles. The molecule has 0 N–H and O–H groups in total. The number of benzene rings is 1. The first-order chi connectivity index (χ1) is 7.68. The van der Waals surface area contributed by atoms with Crippen LogP contribution >= 0.6 is 23.6 Å². The van der Waals surface area contributed by atoms with E-state index in [4.69, 9.17) is 17.0 Å². The summed E-state index contributed by atoms with van der Waals surface area (Å²) in [6, 6.07) is 8.03. The molecule has 0 saturated carbocycles. The Balaban J connectivity index is 2.26. The van der Waals surface area contributed by atoms with Crippen molar-refractivity contribution in [2.24, 2.45) is 0 Å². The second-order valence-corrected chi connectivity index (χ2v) is 5.00. The molecular weight excluding hydrogens is 242 g/mol. The summed E-state index contributed by atoms with van der Waals surface area (Å²) in [6.45, 7) is 2.39. The molecule has 16 heavy (non-hydrogen) atoms. The molecule has 84 valence electrons. The van der Waals surface area contributed by atoms with Gasteiger partial charge in [-0.2, -0.15) is 0 Å². The number of carbonyl (C=O) groups excluding carboxylic acids is 1. The second kappa shape index (κ2) is 4.76. The Bertz CT molecular complexity index is 571. The molecule has 0 radical (unpaired) electrons. The van der Waals surface area contributed by atoms with E-state index in [2.05, 4.69) is 0 Å². The van der Waals surface area contributed by atoms with Gasteiger partial charge in [0, 0.05) is 6.92 Å². The largest absolute Gasteiger partial charge is 0.464 e. The van der Waals surface area contributed by atoms with Crippen molar-refractivity contribution in [3.05, 3.63) is 28.2 Å². The highest BCUT2D eigenvalue weighted by atomic mass is 32.1. The minimum atomic E-state index is -0.258. The van der Waals surface area contributed by atoms with E-state index in [0.29, 0.717) is 13.2 Å². The van der Waals surface area contributed by atoms with Crippen LogP contribution in [0.2, 0.25) is 0 Å². The van der Waals surface area contributed by atoms with Crippen LogP contribution in [0, 0.1) is 3.95 Å². The average Bonchev–Trinajstić information content (AvgIpc) is 2.55. The topological polar surface area (TPSA) is 31.2 Å². The monoisotopic (exact) mass is 253 g/mol. The van der Waals surface area contributed by atoms with E-state index in [1.807, 2.05) is 28.8 Å². The molecule has 0 aliphatic heterocycles. The van der Waals surface area contributed by atoms with Crippen molar-refractivity contribution in [3.63, 3.8) is 0 Å². The number of aromatic nitrogens is 1. The van der Waals surface area contributed by atoms with Crippen molar-refractivity contribution in [1.82, 2.24) is 4.57 Å². The summed E-state index contributed by atoms with van der Waals surface area (Å²) in [5.41, 5.74) is 1.10. The van der Waals surface area contributed by atoms with E-state index >= 15 is 0 Å². The zero-order valence-corrected chi connectivity index (χ0v) is 10.4. The van der Waals surface area contributed by atoms with Crippen LogP contribution < -0.4 is 0 Å². The lowest BCUT2D eigenvalue weighted by molar-refractivity contribution is -0.141. The molecule has 0 saturated heterocycles. The third kappa shape index (κ3) is 2.31. The van der Waals surface area contributed by atoms with E-state index in [9.17, 15) is 4.79 Å². The first-order valence-electron chi connectivity index (χ1n) is 4.90. The molecule has 0 spiro atoms. The summed E-state index contributed by atoms with van der Waals surface area (Å²) in [7, 11) is 0. The predicted molar refractivity (Wildman–Crippen MR) is 67.3 cm³/mol. The molecule has 0 bridgehead atoms. The van der Waals surface area contributed by atoms with Crippen LogP contribution in [0.4, 0.5) is 0 Å². The Kier molecular flexibility index (Phi) is 3.36. The Hall–Kier alpha value is -1.20. The lowest BCUT2D eigenvalue weighted by Gasteiger charge is -2.04. The molecular formula is C11H11NO2S2. The van der Waals surface area contributed by atoms with Crippen molar-refractivity contribution in [1.29, 1.82) is 0 Å². The van der Waals surface area contributed by atoms with E-state index in [1.54, 1.807) is 11.3 Å². The van der Waals surface area contributed by atoms with Crippen LogP contribution in [0.1, 0.15) is 6.92 Å². The second-order valence-electron chi connectivity index (χ2n) is 3.33. The van der Waals surface area contributed by atoms with Crippen molar-refractivity contribution in [3.8, 4) is 0 Å². The van der Waals surface area contributed by atoms with Gasteiger partial charge in [-0.15, -0.1) is 11.3 Å². The predicted octanol–water partition coefficient (Wildman–Crippen LogP) is 3.00. The first kappa shape index (κ1) is 11.3. The molecule has 5 heteroatoms. The number of hydrogen-bond donors (Lipinski definition) is 0. The van der Waals surface area contributed by atoms with Gasteiger partial charge < -0.3 is 9.30 Å². The van der Waals surface area contributed by atoms with Gasteiger partial charge in [-0.25, -0.2) is 0 Å². The van der Waals surface area contributed by atoms with Crippen LogP contribution in [0.3, 0.4) is 0 Å². The van der Waals surface area contributed by atoms with Crippen molar-refractivity contribution < 1.29 is 9.53 Å². The lowest BCUT2D eigenvalue weighted by Crippen LogP contribution is -2.08. The number of thiazole rings is 1. The molecule has 0 atom stereocenters. The molecule has 1 heterocycles. The molecule has 1 aromatic carbocycles. The molecule has 2 aromatic rings. The van der Waals surface area contributed by atoms with Gasteiger partial charge in [-0.1, -0.05) is 12.1 Å². The van der Waals surface area contributed by atoms with Gasteiger partial charge >= 0.3 is 5.97 Å². The number of esters is 1. The highest BCUT2D eigenvalue weighted by molar-refractivity contribution is 7.73. The maximum absolute atomic E-state index is 10.7. The summed E-state index contributed by atoms with van der Waals surface area (Å²) in [4.78, 5) is 10.7. The molecule has 3 nitrogen and oxygen atoms in total. The molecule has 2 rings (SSSR count). The average molecular weight is 253 g/mol. The van der Waals surface area contributed by atoms with Gasteiger partial charge in [-0.05, 0) is 24.4 Å². The molecule has 0 unspecified atom stereocenters. The number of hydrogen-bond acceptors (Lipinski definition) is 4. The Morgan fingerprint density at radius 1 is 1.50 bits per heavy atom. The summed E-state index contributed by atoms with van der Waals surface area (Å²) >= 11 is 6.85. The number of ether oxygens (including phenoxy) is 1. The quantitative estimate of drug-likeness (QED) is 0.622. The standard InChI is InChI=1S/C11H11NO2S2/c1-8(13)14-7-6-12-9-4-2-3-5-10(9)16-11(12)15/h2-5H,6-7H2,1H3. The fraction of sp³-hybridized carbons (Fsp3) is 0.273. The van der Waals surface area contributed by atoms with Crippen LogP contribution in [0.15, 0.2) is 24.3 Å². The third-order valence-corrected chi connectivity index (χ3v) is 3.62. The SMILES string of the molecule is CC(=O)OCCn1c(=S)sc2ccccc21. The van der Waals surface area contributed by atoms with Gasteiger partial charge in [-0.3, -0.25) is 4.79 Å². The number of carbonyl (C=O) groups is 1. The van der Waals surface area contributed by atoms with E-state index in [-0.39, 0.29) is 5.97 Å². The molecule has 0 fully saturated rings. The fourth-order valence-corrected chi connectivity index (χ4v) is 2.88. The zero-order chi connectivity index (χ0) is 11.5. The van der Waals surface area contributed by atoms with Crippen LogP contribution in [-0.2, 0) is 16.1 Å².